The third kappa shape index (κ3) is 4.52. The highest BCUT2D eigenvalue weighted by atomic mass is 16.5. The van der Waals surface area contributed by atoms with E-state index in [1.165, 1.54) is 20.3 Å². The number of nitrogens with one attached hydrogen (secondary N) is 1. The molecule has 0 radical (unpaired) electrons. The molecule has 1 N–H and O–H groups in total. The van der Waals surface area contributed by atoms with E-state index in [0.29, 0.717) is 40.5 Å². The van der Waals surface area contributed by atoms with Gasteiger partial charge in [-0.3, -0.25) is 9.59 Å². The van der Waals surface area contributed by atoms with Gasteiger partial charge in [-0.1, -0.05) is 6.07 Å². The zero-order valence-corrected chi connectivity index (χ0v) is 18.5. The predicted octanol–water partition coefficient (Wildman–Crippen LogP) is 5.13. The fourth-order valence-corrected chi connectivity index (χ4v) is 3.53. The maximum Gasteiger partial charge on any atom is 0.263 e. The molecular weight excluding hydrogens is 422 g/mol. The van der Waals surface area contributed by atoms with Crippen LogP contribution >= 0.6 is 0 Å². The molecule has 0 saturated heterocycles. The van der Waals surface area contributed by atoms with Crippen LogP contribution in [0, 0.1) is 0 Å². The molecule has 3 aromatic carbocycles. The van der Waals surface area contributed by atoms with Crippen LogP contribution in [0.3, 0.4) is 0 Å². The summed E-state index contributed by atoms with van der Waals surface area (Å²) in [6, 6.07) is 18.8. The zero-order chi connectivity index (χ0) is 23.4. The number of carbonyl (C=O) groups excluding carboxylic acids is 1. The van der Waals surface area contributed by atoms with Crippen LogP contribution in [0.25, 0.3) is 22.3 Å². The van der Waals surface area contributed by atoms with Crippen molar-refractivity contribution in [2.24, 2.45) is 0 Å². The normalized spacial score (nSPS) is 10.6. The molecular formula is C26H23NO6. The maximum absolute atomic E-state index is 12.9. The van der Waals surface area contributed by atoms with Crippen LogP contribution in [-0.4, -0.2) is 26.7 Å². The number of benzene rings is 3. The summed E-state index contributed by atoms with van der Waals surface area (Å²) in [6.07, 6.45) is 0. The van der Waals surface area contributed by atoms with Crippen LogP contribution < -0.4 is 25.0 Å². The van der Waals surface area contributed by atoms with Gasteiger partial charge in [-0.05, 0) is 61.5 Å². The van der Waals surface area contributed by atoms with Gasteiger partial charge < -0.3 is 23.9 Å². The molecule has 0 saturated carbocycles. The Kier molecular flexibility index (Phi) is 6.31. The van der Waals surface area contributed by atoms with Crippen LogP contribution in [0.4, 0.5) is 5.69 Å². The van der Waals surface area contributed by atoms with Crippen LogP contribution in [0.5, 0.6) is 17.2 Å². The molecule has 7 nitrogen and oxygen atoms in total. The van der Waals surface area contributed by atoms with Gasteiger partial charge in [0.25, 0.3) is 5.91 Å². The number of anilines is 1. The lowest BCUT2D eigenvalue weighted by Crippen LogP contribution is -2.15. The zero-order valence-electron chi connectivity index (χ0n) is 18.5. The number of ether oxygens (including phenoxy) is 3. The van der Waals surface area contributed by atoms with Crippen molar-refractivity contribution in [3.05, 3.63) is 82.5 Å². The van der Waals surface area contributed by atoms with Crippen molar-refractivity contribution in [1.82, 2.24) is 0 Å². The van der Waals surface area contributed by atoms with Gasteiger partial charge in [0.2, 0.25) is 0 Å². The Balaban J connectivity index is 1.64. The minimum Gasteiger partial charge on any atom is -0.496 e. The second-order valence-corrected chi connectivity index (χ2v) is 7.13. The average molecular weight is 445 g/mol. The Hall–Kier alpha value is -4.26. The van der Waals surface area contributed by atoms with Gasteiger partial charge in [0.1, 0.15) is 34.2 Å². The molecule has 1 heterocycles. The second-order valence-electron chi connectivity index (χ2n) is 7.13. The Morgan fingerprint density at radius 3 is 2.27 bits per heavy atom. The van der Waals surface area contributed by atoms with Crippen molar-refractivity contribution < 1.29 is 23.4 Å². The summed E-state index contributed by atoms with van der Waals surface area (Å²) in [5, 5.41) is 3.15. The SMILES string of the molecule is CCOc1ccc(-c2cc(=O)c3cc(NC(=O)c4c(OC)cccc4OC)ccc3o2)cc1. The molecule has 1 aromatic heterocycles. The molecule has 4 rings (SSSR count). The number of hydrogen-bond donors (Lipinski definition) is 1. The van der Waals surface area contributed by atoms with Crippen LogP contribution in [0.2, 0.25) is 0 Å². The Morgan fingerprint density at radius 2 is 1.64 bits per heavy atom. The third-order valence-electron chi connectivity index (χ3n) is 5.09. The first-order valence-corrected chi connectivity index (χ1v) is 10.4. The lowest BCUT2D eigenvalue weighted by Gasteiger charge is -2.13. The van der Waals surface area contributed by atoms with Gasteiger partial charge in [-0.25, -0.2) is 0 Å². The van der Waals surface area contributed by atoms with Crippen LogP contribution in [0.1, 0.15) is 17.3 Å². The summed E-state index contributed by atoms with van der Waals surface area (Å²) in [6.45, 7) is 2.49. The molecule has 0 aliphatic carbocycles. The molecule has 0 bridgehead atoms. The fraction of sp³-hybridized carbons (Fsp3) is 0.154. The Bertz CT molecular complexity index is 1340. The molecule has 0 unspecified atom stereocenters. The fourth-order valence-electron chi connectivity index (χ4n) is 3.53. The first-order chi connectivity index (χ1) is 16.0. The number of carbonyl (C=O) groups is 1. The predicted molar refractivity (Wildman–Crippen MR) is 127 cm³/mol. The molecule has 0 spiro atoms. The molecule has 1 amide bonds. The van der Waals surface area contributed by atoms with Crippen LogP contribution in [-0.2, 0) is 0 Å². The minimum atomic E-state index is -0.418. The van der Waals surface area contributed by atoms with Gasteiger partial charge in [0.05, 0.1) is 26.2 Å². The Labute approximate surface area is 190 Å². The molecule has 4 aromatic rings. The molecule has 7 heteroatoms. The Morgan fingerprint density at radius 1 is 0.939 bits per heavy atom. The lowest BCUT2D eigenvalue weighted by atomic mass is 10.1. The van der Waals surface area contributed by atoms with Crippen molar-refractivity contribution in [3.8, 4) is 28.6 Å². The number of methoxy groups -OCH3 is 2. The molecule has 0 aliphatic heterocycles. The van der Waals surface area contributed by atoms with Gasteiger partial charge in [0.15, 0.2) is 5.43 Å². The summed E-state index contributed by atoms with van der Waals surface area (Å²) < 4.78 is 22.0. The first-order valence-electron chi connectivity index (χ1n) is 10.4. The lowest BCUT2D eigenvalue weighted by molar-refractivity contribution is 0.102. The van der Waals surface area contributed by atoms with Crippen molar-refractivity contribution in [2.75, 3.05) is 26.1 Å². The molecule has 0 aliphatic rings. The number of hydrogen-bond acceptors (Lipinski definition) is 6. The highest BCUT2D eigenvalue weighted by molar-refractivity contribution is 6.08. The quantitative estimate of drug-likeness (QED) is 0.424. The minimum absolute atomic E-state index is 0.217. The third-order valence-corrected chi connectivity index (χ3v) is 5.09. The van der Waals surface area contributed by atoms with Gasteiger partial charge in [-0.2, -0.15) is 0 Å². The van der Waals surface area contributed by atoms with E-state index in [1.807, 2.05) is 31.2 Å². The van der Waals surface area contributed by atoms with E-state index in [2.05, 4.69) is 5.32 Å². The summed E-state index contributed by atoms with van der Waals surface area (Å²) >= 11 is 0. The van der Waals surface area contributed by atoms with E-state index < -0.39 is 5.91 Å². The van der Waals surface area contributed by atoms with E-state index in [4.69, 9.17) is 18.6 Å². The first kappa shape index (κ1) is 22.0. The average Bonchev–Trinajstić information content (AvgIpc) is 2.84. The van der Waals surface area contributed by atoms with E-state index in [9.17, 15) is 9.59 Å². The largest absolute Gasteiger partial charge is 0.496 e. The van der Waals surface area contributed by atoms with Crippen molar-refractivity contribution >= 4 is 22.6 Å². The molecule has 168 valence electrons. The molecule has 0 atom stereocenters. The van der Waals surface area contributed by atoms with Gasteiger partial charge >= 0.3 is 0 Å². The van der Waals surface area contributed by atoms with E-state index in [-0.39, 0.29) is 11.0 Å². The van der Waals surface area contributed by atoms with Gasteiger partial charge in [0, 0.05) is 17.3 Å². The van der Waals surface area contributed by atoms with E-state index in [0.717, 1.165) is 11.3 Å². The highest BCUT2D eigenvalue weighted by Crippen LogP contribution is 2.30. The summed E-state index contributed by atoms with van der Waals surface area (Å²) in [5.41, 5.74) is 1.67. The molecule has 0 fully saturated rings. The smallest absolute Gasteiger partial charge is 0.263 e. The number of amides is 1. The molecule has 33 heavy (non-hydrogen) atoms. The van der Waals surface area contributed by atoms with Crippen molar-refractivity contribution in [3.63, 3.8) is 0 Å². The van der Waals surface area contributed by atoms with Gasteiger partial charge in [-0.15, -0.1) is 0 Å². The van der Waals surface area contributed by atoms with E-state index in [1.54, 1.807) is 36.4 Å². The summed E-state index contributed by atoms with van der Waals surface area (Å²) in [7, 11) is 2.96. The van der Waals surface area contributed by atoms with Crippen LogP contribution in [0.15, 0.2) is 75.9 Å². The standard InChI is InChI=1S/C26H23NO6/c1-4-32-18-11-8-16(9-12-18)24-15-20(28)19-14-17(10-13-21(19)33-24)27-26(29)25-22(30-2)6-5-7-23(25)31-3/h5-15H,4H2,1-3H3,(H,27,29). The number of fused-ring (bicyclic) bond motifs is 1. The van der Waals surface area contributed by atoms with E-state index >= 15 is 0 Å². The monoisotopic (exact) mass is 445 g/mol. The van der Waals surface area contributed by atoms with Crippen molar-refractivity contribution in [1.29, 1.82) is 0 Å². The second kappa shape index (κ2) is 9.48. The summed E-state index contributed by atoms with van der Waals surface area (Å²) in [4.78, 5) is 25.7. The summed E-state index contributed by atoms with van der Waals surface area (Å²) in [5.74, 6) is 1.54. The number of rotatable bonds is 7. The topological polar surface area (TPSA) is 87.0 Å². The van der Waals surface area contributed by atoms with Crippen molar-refractivity contribution in [2.45, 2.75) is 6.92 Å². The maximum atomic E-state index is 12.9. The highest BCUT2D eigenvalue weighted by Gasteiger charge is 2.19.